The van der Waals surface area contributed by atoms with Crippen LogP contribution in [0.4, 0.5) is 0 Å². The molecular formula is C28H31N5O5. The molecule has 198 valence electrons. The second kappa shape index (κ2) is 12.1. The van der Waals surface area contributed by atoms with Crippen LogP contribution in [0.1, 0.15) is 60.6 Å². The first-order chi connectivity index (χ1) is 18.4. The summed E-state index contributed by atoms with van der Waals surface area (Å²) in [6, 6.07) is 17.0. The van der Waals surface area contributed by atoms with Gasteiger partial charge in [-0.15, -0.1) is 0 Å². The molecule has 38 heavy (non-hydrogen) atoms. The second-order valence-electron chi connectivity index (χ2n) is 8.79. The van der Waals surface area contributed by atoms with Crippen molar-refractivity contribution in [2.75, 3.05) is 7.11 Å². The minimum Gasteiger partial charge on any atom is -0.467 e. The third-order valence-electron chi connectivity index (χ3n) is 6.31. The quantitative estimate of drug-likeness (QED) is 0.303. The Morgan fingerprint density at radius 3 is 2.47 bits per heavy atom. The van der Waals surface area contributed by atoms with Gasteiger partial charge in [-0.05, 0) is 30.5 Å². The fraction of sp³-hybridized carbons (Fsp3) is 0.286. The standard InChI is InChI=1S/C28H31N5O5/c1-4-20(5-2)30-26(35)23-16-29-27(38-23)19-13-9-12-18(14-19)21-15-22(33-32-21)25(34)31-24(28(36)37-3)17-10-7-6-8-11-17/h6-16,20,24,27,29H,4-5H2,1-3H3,(H,30,35)(H,31,34)(H,32,33). The number of benzene rings is 2. The molecule has 1 aromatic heterocycles. The van der Waals surface area contributed by atoms with E-state index in [1.54, 1.807) is 36.5 Å². The lowest BCUT2D eigenvalue weighted by molar-refractivity contribution is -0.143. The van der Waals surface area contributed by atoms with Gasteiger partial charge < -0.3 is 25.4 Å². The summed E-state index contributed by atoms with van der Waals surface area (Å²) >= 11 is 0. The predicted molar refractivity (Wildman–Crippen MR) is 140 cm³/mol. The summed E-state index contributed by atoms with van der Waals surface area (Å²) in [7, 11) is 1.27. The topological polar surface area (TPSA) is 134 Å². The first kappa shape index (κ1) is 26.5. The number of carbonyl (C=O) groups is 3. The average Bonchev–Trinajstić information content (AvgIpc) is 3.66. The maximum atomic E-state index is 12.9. The van der Waals surface area contributed by atoms with E-state index in [4.69, 9.17) is 9.47 Å². The number of nitrogens with one attached hydrogen (secondary N) is 4. The molecule has 4 N–H and O–H groups in total. The zero-order chi connectivity index (χ0) is 27.1. The Balaban J connectivity index is 1.44. The van der Waals surface area contributed by atoms with Crippen molar-refractivity contribution in [1.29, 1.82) is 0 Å². The van der Waals surface area contributed by atoms with Crippen LogP contribution in [0.3, 0.4) is 0 Å². The summed E-state index contributed by atoms with van der Waals surface area (Å²) in [5.41, 5.74) is 2.87. The number of amides is 2. The van der Waals surface area contributed by atoms with Crippen LogP contribution in [-0.2, 0) is 19.1 Å². The van der Waals surface area contributed by atoms with Crippen LogP contribution in [0.2, 0.25) is 0 Å². The van der Waals surface area contributed by atoms with Gasteiger partial charge in [0, 0.05) is 23.4 Å². The maximum Gasteiger partial charge on any atom is 0.333 e. The fourth-order valence-electron chi connectivity index (χ4n) is 4.08. The number of H-pyrrole nitrogens is 1. The molecule has 0 aliphatic carbocycles. The number of ether oxygens (including phenoxy) is 2. The predicted octanol–water partition coefficient (Wildman–Crippen LogP) is 3.49. The van der Waals surface area contributed by atoms with Gasteiger partial charge in [-0.25, -0.2) is 4.79 Å². The van der Waals surface area contributed by atoms with E-state index in [-0.39, 0.29) is 23.4 Å². The van der Waals surface area contributed by atoms with E-state index in [0.29, 0.717) is 11.3 Å². The summed E-state index contributed by atoms with van der Waals surface area (Å²) in [5.74, 6) is -1.14. The van der Waals surface area contributed by atoms with Crippen LogP contribution < -0.4 is 16.0 Å². The Morgan fingerprint density at radius 2 is 1.76 bits per heavy atom. The maximum absolute atomic E-state index is 12.9. The normalized spacial score (nSPS) is 15.2. The van der Waals surface area contributed by atoms with E-state index in [2.05, 4.69) is 26.1 Å². The molecular weight excluding hydrogens is 486 g/mol. The molecule has 0 fully saturated rings. The molecule has 1 aliphatic heterocycles. The van der Waals surface area contributed by atoms with E-state index in [9.17, 15) is 14.4 Å². The molecule has 0 bridgehead atoms. The van der Waals surface area contributed by atoms with Gasteiger partial charge in [0.15, 0.2) is 18.0 Å². The van der Waals surface area contributed by atoms with Crippen molar-refractivity contribution >= 4 is 17.8 Å². The Bertz CT molecular complexity index is 1320. The highest BCUT2D eigenvalue weighted by Crippen LogP contribution is 2.27. The number of rotatable bonds is 10. The zero-order valence-corrected chi connectivity index (χ0v) is 21.5. The van der Waals surface area contributed by atoms with Crippen molar-refractivity contribution < 1.29 is 23.9 Å². The smallest absolute Gasteiger partial charge is 0.333 e. The highest BCUT2D eigenvalue weighted by molar-refractivity contribution is 5.96. The Labute approximate surface area is 220 Å². The highest BCUT2D eigenvalue weighted by atomic mass is 16.5. The van der Waals surface area contributed by atoms with Gasteiger partial charge in [0.05, 0.1) is 12.8 Å². The monoisotopic (exact) mass is 517 g/mol. The van der Waals surface area contributed by atoms with E-state index < -0.39 is 24.1 Å². The fourth-order valence-corrected chi connectivity index (χ4v) is 4.08. The first-order valence-electron chi connectivity index (χ1n) is 12.5. The van der Waals surface area contributed by atoms with Gasteiger partial charge in [-0.2, -0.15) is 5.10 Å². The van der Waals surface area contributed by atoms with Crippen LogP contribution in [0.5, 0.6) is 0 Å². The van der Waals surface area contributed by atoms with Crippen molar-refractivity contribution in [2.24, 2.45) is 0 Å². The SMILES string of the molecule is CCC(CC)NC(=O)C1=CNC(c2cccc(-c3cc(C(=O)NC(C(=O)OC)c4ccccc4)n[nH]3)c2)O1. The number of carbonyl (C=O) groups excluding carboxylic acids is 3. The number of hydrogen-bond acceptors (Lipinski definition) is 7. The molecule has 0 saturated carbocycles. The molecule has 0 radical (unpaired) electrons. The minimum absolute atomic E-state index is 0.0942. The number of aromatic nitrogens is 2. The second-order valence-corrected chi connectivity index (χ2v) is 8.79. The molecule has 3 aromatic rings. The molecule has 0 spiro atoms. The first-order valence-corrected chi connectivity index (χ1v) is 12.5. The van der Waals surface area contributed by atoms with E-state index >= 15 is 0 Å². The number of esters is 1. The van der Waals surface area contributed by atoms with Crippen molar-refractivity contribution in [3.8, 4) is 11.3 Å². The molecule has 1 aliphatic rings. The van der Waals surface area contributed by atoms with Gasteiger partial charge >= 0.3 is 5.97 Å². The Hall–Kier alpha value is -4.60. The van der Waals surface area contributed by atoms with Gasteiger partial charge in [0.2, 0.25) is 5.76 Å². The summed E-state index contributed by atoms with van der Waals surface area (Å²) in [5, 5.41) is 15.7. The average molecular weight is 518 g/mol. The Morgan fingerprint density at radius 1 is 1.00 bits per heavy atom. The molecule has 10 nitrogen and oxygen atoms in total. The number of hydrogen-bond donors (Lipinski definition) is 4. The summed E-state index contributed by atoms with van der Waals surface area (Å²) < 4.78 is 10.7. The van der Waals surface area contributed by atoms with E-state index in [0.717, 1.165) is 24.0 Å². The lowest BCUT2D eigenvalue weighted by Crippen LogP contribution is -2.35. The molecule has 4 rings (SSSR count). The van der Waals surface area contributed by atoms with Crippen molar-refractivity contribution in [1.82, 2.24) is 26.1 Å². The largest absolute Gasteiger partial charge is 0.467 e. The molecule has 0 saturated heterocycles. The zero-order valence-electron chi connectivity index (χ0n) is 21.5. The summed E-state index contributed by atoms with van der Waals surface area (Å²) in [6.07, 6.45) is 2.72. The minimum atomic E-state index is -0.966. The van der Waals surface area contributed by atoms with Crippen molar-refractivity contribution in [3.05, 3.63) is 89.4 Å². The van der Waals surface area contributed by atoms with Gasteiger partial charge in [0.25, 0.3) is 11.8 Å². The summed E-state index contributed by atoms with van der Waals surface area (Å²) in [4.78, 5) is 37.7. The molecule has 2 heterocycles. The molecule has 2 amide bonds. The third-order valence-corrected chi connectivity index (χ3v) is 6.31. The van der Waals surface area contributed by atoms with Crippen LogP contribution >= 0.6 is 0 Å². The summed E-state index contributed by atoms with van der Waals surface area (Å²) in [6.45, 7) is 4.05. The van der Waals surface area contributed by atoms with E-state index in [1.165, 1.54) is 7.11 Å². The van der Waals surface area contributed by atoms with Crippen LogP contribution in [-0.4, -0.2) is 41.1 Å². The van der Waals surface area contributed by atoms with Crippen molar-refractivity contribution in [2.45, 2.75) is 45.0 Å². The highest BCUT2D eigenvalue weighted by Gasteiger charge is 2.27. The molecule has 2 aromatic carbocycles. The third kappa shape index (κ3) is 6.03. The lowest BCUT2D eigenvalue weighted by atomic mass is 10.1. The Kier molecular flexibility index (Phi) is 8.42. The van der Waals surface area contributed by atoms with E-state index in [1.807, 2.05) is 44.2 Å². The van der Waals surface area contributed by atoms with Crippen LogP contribution in [0.25, 0.3) is 11.3 Å². The lowest BCUT2D eigenvalue weighted by Gasteiger charge is -2.17. The van der Waals surface area contributed by atoms with Crippen LogP contribution in [0.15, 0.2) is 72.6 Å². The van der Waals surface area contributed by atoms with Gasteiger partial charge in [-0.3, -0.25) is 14.7 Å². The van der Waals surface area contributed by atoms with Gasteiger partial charge in [-0.1, -0.05) is 62.4 Å². The van der Waals surface area contributed by atoms with Crippen molar-refractivity contribution in [3.63, 3.8) is 0 Å². The van der Waals surface area contributed by atoms with Gasteiger partial charge in [0.1, 0.15) is 0 Å². The molecule has 2 unspecified atom stereocenters. The van der Waals surface area contributed by atoms with Crippen LogP contribution in [0, 0.1) is 0 Å². The molecule has 2 atom stereocenters. The molecule has 10 heteroatoms. The number of nitrogens with zero attached hydrogens (tertiary/aromatic N) is 1. The number of methoxy groups -OCH3 is 1. The number of aromatic amines is 1.